The molecule has 1 N–H and O–H groups in total. The first kappa shape index (κ1) is 23.4. The Morgan fingerprint density at radius 2 is 1.58 bits per heavy atom. The van der Waals surface area contributed by atoms with Crippen molar-refractivity contribution in [2.24, 2.45) is 0 Å². The van der Waals surface area contributed by atoms with Crippen LogP contribution in [-0.4, -0.2) is 30.6 Å². The van der Waals surface area contributed by atoms with Crippen molar-refractivity contribution < 1.29 is 9.16 Å². The number of aromatic amines is 1. The third-order valence-electron chi connectivity index (χ3n) is 6.44. The fourth-order valence-electron chi connectivity index (χ4n) is 4.79. The monoisotopic (exact) mass is 464 g/mol. The first-order chi connectivity index (χ1) is 15.7. The van der Waals surface area contributed by atoms with E-state index in [1.54, 1.807) is 13.1 Å². The molecule has 33 heavy (non-hydrogen) atoms. The molecule has 0 saturated carbocycles. The molecule has 1 unspecified atom stereocenters. The number of ether oxygens (including phenoxy) is 1. The molecule has 0 bridgehead atoms. The summed E-state index contributed by atoms with van der Waals surface area (Å²) >= 11 is 0. The zero-order chi connectivity index (χ0) is 23.6. The maximum Gasteiger partial charge on any atom is 0.330 e. The van der Waals surface area contributed by atoms with E-state index in [1.807, 2.05) is 12.1 Å². The summed E-state index contributed by atoms with van der Waals surface area (Å²) < 4.78 is 14.7. The smallest absolute Gasteiger partial charge is 0.330 e. The maximum absolute atomic E-state index is 12.3. The van der Waals surface area contributed by atoms with Crippen molar-refractivity contribution in [3.05, 3.63) is 93.3 Å². The van der Waals surface area contributed by atoms with Crippen molar-refractivity contribution >= 4 is 18.7 Å². The van der Waals surface area contributed by atoms with Crippen LogP contribution in [0.2, 0.25) is 5.04 Å². The molecule has 3 aromatic rings. The average Bonchev–Trinajstić information content (AvgIpc) is 3.26. The highest BCUT2D eigenvalue weighted by atomic mass is 28.4. The maximum atomic E-state index is 12.3. The van der Waals surface area contributed by atoms with Crippen LogP contribution >= 0.6 is 0 Å². The molecule has 1 aliphatic heterocycles. The molecule has 7 heteroatoms. The van der Waals surface area contributed by atoms with Crippen LogP contribution in [0.15, 0.2) is 76.4 Å². The Morgan fingerprint density at radius 1 is 1.00 bits per heavy atom. The first-order valence-electron chi connectivity index (χ1n) is 11.4. The van der Waals surface area contributed by atoms with E-state index in [4.69, 9.17) is 9.16 Å². The molecule has 0 spiro atoms. The van der Waals surface area contributed by atoms with Gasteiger partial charge in [-0.2, -0.15) is 0 Å². The van der Waals surface area contributed by atoms with E-state index in [0.717, 1.165) is 6.42 Å². The minimum atomic E-state index is -2.64. The second kappa shape index (κ2) is 9.25. The van der Waals surface area contributed by atoms with Gasteiger partial charge in [-0.25, -0.2) is 4.79 Å². The number of hydrogen-bond acceptors (Lipinski definition) is 4. The lowest BCUT2D eigenvalue weighted by atomic mass is 10.2. The van der Waals surface area contributed by atoms with Gasteiger partial charge in [-0.1, -0.05) is 81.4 Å². The summed E-state index contributed by atoms with van der Waals surface area (Å²) in [5, 5.41) is 2.34. The molecule has 1 aromatic heterocycles. The molecule has 1 fully saturated rings. The van der Waals surface area contributed by atoms with Crippen molar-refractivity contribution in [2.45, 2.75) is 57.9 Å². The van der Waals surface area contributed by atoms with Gasteiger partial charge in [0.1, 0.15) is 6.23 Å². The van der Waals surface area contributed by atoms with Crippen molar-refractivity contribution in [1.82, 2.24) is 9.55 Å². The molecule has 174 valence electrons. The van der Waals surface area contributed by atoms with E-state index in [2.05, 4.69) is 74.3 Å². The summed E-state index contributed by atoms with van der Waals surface area (Å²) in [5.74, 6) is 0. The Kier molecular flexibility index (Phi) is 6.56. The summed E-state index contributed by atoms with van der Waals surface area (Å²) in [6, 6.07) is 21.0. The summed E-state index contributed by atoms with van der Waals surface area (Å²) in [6.45, 7) is 8.88. The SMILES string of the molecule is Cc1cn(C2CC[C@@H](CO[Si](c3ccccc3)(c3ccccc3)C(C)(C)C)O2)c(=O)[nH]c1=O. The van der Waals surface area contributed by atoms with Crippen LogP contribution in [0.25, 0.3) is 0 Å². The number of H-pyrrole nitrogens is 1. The largest absolute Gasteiger partial charge is 0.405 e. The Hall–Kier alpha value is -2.74. The first-order valence-corrected chi connectivity index (χ1v) is 13.4. The van der Waals surface area contributed by atoms with Crippen molar-refractivity contribution in [2.75, 3.05) is 6.61 Å². The number of nitrogens with one attached hydrogen (secondary N) is 1. The zero-order valence-electron chi connectivity index (χ0n) is 19.7. The Balaban J connectivity index is 1.62. The summed E-state index contributed by atoms with van der Waals surface area (Å²) in [4.78, 5) is 26.4. The molecular formula is C26H32N2O4Si. The molecule has 1 saturated heterocycles. The Bertz CT molecular complexity index is 1160. The van der Waals surface area contributed by atoms with Crippen LogP contribution in [0, 0.1) is 6.92 Å². The normalized spacial score (nSPS) is 19.0. The van der Waals surface area contributed by atoms with Crippen molar-refractivity contribution in [3.8, 4) is 0 Å². The molecule has 0 amide bonds. The topological polar surface area (TPSA) is 73.3 Å². The van der Waals surface area contributed by atoms with E-state index in [9.17, 15) is 9.59 Å². The predicted octanol–water partition coefficient (Wildman–Crippen LogP) is 3.10. The lowest BCUT2D eigenvalue weighted by Gasteiger charge is -2.43. The minimum absolute atomic E-state index is 0.110. The molecule has 6 nitrogen and oxygen atoms in total. The lowest BCUT2D eigenvalue weighted by Crippen LogP contribution is -2.67. The van der Waals surface area contributed by atoms with Crippen molar-refractivity contribution in [1.29, 1.82) is 0 Å². The average molecular weight is 465 g/mol. The number of hydrogen-bond donors (Lipinski definition) is 1. The second-order valence-electron chi connectivity index (χ2n) is 9.74. The molecule has 2 atom stereocenters. The van der Waals surface area contributed by atoms with Gasteiger partial charge in [0.05, 0.1) is 12.7 Å². The summed E-state index contributed by atoms with van der Waals surface area (Å²) in [6.07, 6.45) is 2.53. The van der Waals surface area contributed by atoms with Gasteiger partial charge in [-0.3, -0.25) is 14.3 Å². The van der Waals surface area contributed by atoms with Crippen LogP contribution in [0.4, 0.5) is 0 Å². The van der Waals surface area contributed by atoms with E-state index in [-0.39, 0.29) is 16.7 Å². The van der Waals surface area contributed by atoms with Crippen LogP contribution in [-0.2, 0) is 9.16 Å². The standard InChI is InChI=1S/C26H32N2O4Si/c1-19-17-28(25(30)27-24(19)29)23-16-15-20(32-23)18-31-33(26(2,3)4,21-11-7-5-8-12-21)22-13-9-6-10-14-22/h5-14,17,20,23H,15-16,18H2,1-4H3,(H,27,29,30)/t20-,23?/m0/s1. The molecule has 1 aliphatic rings. The van der Waals surface area contributed by atoms with Gasteiger partial charge in [0.25, 0.3) is 13.9 Å². The number of benzene rings is 2. The van der Waals surface area contributed by atoms with E-state index < -0.39 is 20.2 Å². The predicted molar refractivity (Wildman–Crippen MR) is 133 cm³/mol. The Labute approximate surface area is 195 Å². The van der Waals surface area contributed by atoms with Crippen LogP contribution in [0.3, 0.4) is 0 Å². The Morgan fingerprint density at radius 3 is 2.12 bits per heavy atom. The number of rotatable bonds is 6. The van der Waals surface area contributed by atoms with E-state index in [0.29, 0.717) is 18.6 Å². The molecule has 2 aromatic carbocycles. The number of aryl methyl sites for hydroxylation is 1. The zero-order valence-corrected chi connectivity index (χ0v) is 20.7. The third kappa shape index (κ3) is 4.53. The van der Waals surface area contributed by atoms with E-state index in [1.165, 1.54) is 14.9 Å². The highest BCUT2D eigenvalue weighted by molar-refractivity contribution is 6.99. The fraction of sp³-hybridized carbons (Fsp3) is 0.385. The van der Waals surface area contributed by atoms with Gasteiger partial charge in [-0.15, -0.1) is 0 Å². The molecule has 0 aliphatic carbocycles. The second-order valence-corrected chi connectivity index (χ2v) is 14.0. The lowest BCUT2D eigenvalue weighted by molar-refractivity contribution is -0.0216. The molecule has 4 rings (SSSR count). The van der Waals surface area contributed by atoms with Crippen LogP contribution in [0.5, 0.6) is 0 Å². The molecule has 0 radical (unpaired) electrons. The van der Waals surface area contributed by atoms with E-state index >= 15 is 0 Å². The van der Waals surface area contributed by atoms with Crippen LogP contribution < -0.4 is 21.6 Å². The fourth-order valence-corrected chi connectivity index (χ4v) is 9.38. The quantitative estimate of drug-likeness (QED) is 0.569. The summed E-state index contributed by atoms with van der Waals surface area (Å²) in [5.41, 5.74) is -0.310. The van der Waals surface area contributed by atoms with Gasteiger partial charge in [0.15, 0.2) is 0 Å². The van der Waals surface area contributed by atoms with Gasteiger partial charge in [0, 0.05) is 11.8 Å². The van der Waals surface area contributed by atoms with Crippen LogP contribution in [0.1, 0.15) is 45.4 Å². The number of aromatic nitrogens is 2. The highest BCUT2D eigenvalue weighted by Crippen LogP contribution is 2.37. The van der Waals surface area contributed by atoms with Gasteiger partial charge < -0.3 is 9.16 Å². The third-order valence-corrected chi connectivity index (χ3v) is 11.4. The molecule has 2 heterocycles. The van der Waals surface area contributed by atoms with Crippen molar-refractivity contribution in [3.63, 3.8) is 0 Å². The number of nitrogens with zero attached hydrogens (tertiary/aromatic N) is 1. The van der Waals surface area contributed by atoms with Gasteiger partial charge in [-0.05, 0) is 35.2 Å². The van der Waals surface area contributed by atoms with Gasteiger partial charge >= 0.3 is 5.69 Å². The summed E-state index contributed by atoms with van der Waals surface area (Å²) in [7, 11) is -2.64. The minimum Gasteiger partial charge on any atom is -0.405 e. The highest BCUT2D eigenvalue weighted by Gasteiger charge is 2.50. The molecular weight excluding hydrogens is 432 g/mol. The van der Waals surface area contributed by atoms with Gasteiger partial charge in [0.2, 0.25) is 0 Å².